The van der Waals surface area contributed by atoms with Crippen LogP contribution >= 0.6 is 0 Å². The molecule has 228 valence electrons. The van der Waals surface area contributed by atoms with Crippen LogP contribution in [-0.2, 0) is 22.5 Å². The average molecular weight is 610 g/mol. The number of fused-ring (bicyclic) bond motifs is 1. The number of nitro groups is 1. The lowest BCUT2D eigenvalue weighted by atomic mass is 9.91. The molecule has 1 atom stereocenters. The number of ether oxygens (including phenoxy) is 3. The first-order chi connectivity index (χ1) is 20.5. The van der Waals surface area contributed by atoms with Crippen LogP contribution in [0.5, 0.6) is 23.0 Å². The van der Waals surface area contributed by atoms with Gasteiger partial charge in [0.05, 0.1) is 41.8 Å². The maximum absolute atomic E-state index is 13.3. The minimum Gasteiger partial charge on any atom is -0.496 e. The van der Waals surface area contributed by atoms with Crippen LogP contribution in [0.1, 0.15) is 45.1 Å². The fourth-order valence-electron chi connectivity index (χ4n) is 5.66. The van der Waals surface area contributed by atoms with Crippen molar-refractivity contribution in [3.05, 3.63) is 64.2 Å². The summed E-state index contributed by atoms with van der Waals surface area (Å²) in [5.41, 5.74) is 2.41. The van der Waals surface area contributed by atoms with Gasteiger partial charge in [0.1, 0.15) is 23.6 Å². The molecule has 1 amide bonds. The van der Waals surface area contributed by atoms with Gasteiger partial charge < -0.3 is 28.6 Å². The van der Waals surface area contributed by atoms with Crippen LogP contribution in [0, 0.1) is 10.1 Å². The second-order valence-electron chi connectivity index (χ2n) is 11.1. The van der Waals surface area contributed by atoms with Gasteiger partial charge in [-0.1, -0.05) is 18.9 Å². The number of methoxy groups -OCH3 is 2. The van der Waals surface area contributed by atoms with E-state index < -0.39 is 21.5 Å². The van der Waals surface area contributed by atoms with E-state index in [1.165, 1.54) is 25.3 Å². The number of rotatable bonds is 10. The number of nitrogens with zero attached hydrogens (tertiary/aromatic N) is 2. The van der Waals surface area contributed by atoms with Gasteiger partial charge in [-0.25, -0.2) is 4.21 Å². The van der Waals surface area contributed by atoms with Crippen molar-refractivity contribution in [2.45, 2.75) is 56.9 Å². The molecular formula is C31H35N3O8S. The summed E-state index contributed by atoms with van der Waals surface area (Å²) in [5, 5.41) is 14.8. The summed E-state index contributed by atoms with van der Waals surface area (Å²) < 4.78 is 35.9. The van der Waals surface area contributed by atoms with Crippen LogP contribution < -0.4 is 28.6 Å². The quantitative estimate of drug-likeness (QED) is 0.217. The second-order valence-corrected chi connectivity index (χ2v) is 12.4. The zero-order valence-electron chi connectivity index (χ0n) is 24.8. The number of hydrogen-bond acceptors (Lipinski definition) is 9. The molecule has 0 aromatic heterocycles. The van der Waals surface area contributed by atoms with Crippen LogP contribution in [0.2, 0.25) is 0 Å². The predicted molar refractivity (Wildman–Crippen MR) is 165 cm³/mol. The van der Waals surface area contributed by atoms with Crippen molar-refractivity contribution in [1.82, 2.24) is 0 Å². The molecule has 1 N–H and O–H groups in total. The Kier molecular flexibility index (Phi) is 8.50. The number of anilines is 2. The summed E-state index contributed by atoms with van der Waals surface area (Å²) in [6, 6.07) is 13.2. The van der Waals surface area contributed by atoms with E-state index in [4.69, 9.17) is 18.4 Å². The van der Waals surface area contributed by atoms with Crippen LogP contribution in [0.4, 0.5) is 17.1 Å². The highest BCUT2D eigenvalue weighted by atomic mass is 32.2. The molecule has 1 aliphatic heterocycles. The minimum atomic E-state index is -1.45. The van der Waals surface area contributed by atoms with Crippen molar-refractivity contribution < 1.29 is 32.3 Å². The molecule has 11 nitrogen and oxygen atoms in total. The topological polar surface area (TPSA) is 129 Å². The Balaban J connectivity index is 1.58. The van der Waals surface area contributed by atoms with Crippen molar-refractivity contribution in [2.75, 3.05) is 31.5 Å². The Bertz CT molecular complexity index is 1590. The Labute approximate surface area is 252 Å². The van der Waals surface area contributed by atoms with Gasteiger partial charge in [-0.3, -0.25) is 14.9 Å². The van der Waals surface area contributed by atoms with E-state index in [1.54, 1.807) is 31.2 Å². The summed E-state index contributed by atoms with van der Waals surface area (Å²) in [7, 11) is 4.70. The first-order valence-electron chi connectivity index (χ1n) is 14.0. The van der Waals surface area contributed by atoms with Crippen molar-refractivity contribution in [2.24, 2.45) is 0 Å². The lowest BCUT2D eigenvalue weighted by Gasteiger charge is -2.39. The smallest absolute Gasteiger partial charge is 0.273 e. The number of likely N-dealkylation sites (N-methyl/N-ethyl adjacent to an activating group) is 1. The fraction of sp³-hybridized carbons (Fsp3) is 0.387. The summed E-state index contributed by atoms with van der Waals surface area (Å²) in [6.07, 6.45) is 3.87. The van der Waals surface area contributed by atoms with Crippen molar-refractivity contribution in [3.63, 3.8) is 0 Å². The molecule has 1 unspecified atom stereocenters. The lowest BCUT2D eigenvalue weighted by molar-refractivity contribution is -0.385. The average Bonchev–Trinajstić information content (AvgIpc) is 3.54. The van der Waals surface area contributed by atoms with Crippen LogP contribution in [0.25, 0.3) is 11.1 Å². The largest absolute Gasteiger partial charge is 0.496 e. The zero-order valence-corrected chi connectivity index (χ0v) is 25.6. The van der Waals surface area contributed by atoms with Crippen molar-refractivity contribution in [1.29, 1.82) is 0 Å². The fourth-order valence-corrected chi connectivity index (χ4v) is 6.81. The van der Waals surface area contributed by atoms with E-state index in [-0.39, 0.29) is 29.2 Å². The number of carbonyl (C=O) groups excluding carboxylic acids is 1. The first kappa shape index (κ1) is 30.1. The number of nitrogens with one attached hydrogen (secondary N) is 1. The molecule has 3 aromatic carbocycles. The lowest BCUT2D eigenvalue weighted by Crippen LogP contribution is -2.52. The molecule has 0 saturated heterocycles. The van der Waals surface area contributed by atoms with E-state index in [0.29, 0.717) is 39.6 Å². The summed E-state index contributed by atoms with van der Waals surface area (Å²) >= 11 is -1.45. The molecule has 0 radical (unpaired) electrons. The Morgan fingerprint density at radius 3 is 2.37 bits per heavy atom. The van der Waals surface area contributed by atoms with E-state index in [9.17, 15) is 19.1 Å². The van der Waals surface area contributed by atoms with Crippen LogP contribution in [-0.4, -0.2) is 47.1 Å². The summed E-state index contributed by atoms with van der Waals surface area (Å²) in [4.78, 5) is 25.9. The highest BCUT2D eigenvalue weighted by Gasteiger charge is 2.39. The van der Waals surface area contributed by atoms with Gasteiger partial charge in [0.2, 0.25) is 11.1 Å². The summed E-state index contributed by atoms with van der Waals surface area (Å²) in [6.45, 7) is 3.57. The third-order valence-corrected chi connectivity index (χ3v) is 9.22. The molecular weight excluding hydrogens is 574 g/mol. The molecule has 43 heavy (non-hydrogen) atoms. The van der Waals surface area contributed by atoms with Gasteiger partial charge in [-0.05, 0) is 56.5 Å². The number of hydrogen-bond donors (Lipinski definition) is 1. The van der Waals surface area contributed by atoms with E-state index in [1.807, 2.05) is 32.0 Å². The number of benzene rings is 3. The molecule has 3 aromatic rings. The van der Waals surface area contributed by atoms with Crippen LogP contribution in [0.15, 0.2) is 48.5 Å². The summed E-state index contributed by atoms with van der Waals surface area (Å²) in [5.74, 6) is 1.28. The maximum atomic E-state index is 13.3. The SMILES string of the molecule is COc1ccc([N+](=O)[O-])cc1OCc1c(-c2ccc(OS(=O)C3CCCC3)cc2OC)ccc2c1N(C)C(=O)C(C)(C)N2. The zero-order chi connectivity index (χ0) is 30.9. The molecule has 0 bridgehead atoms. The molecule has 1 heterocycles. The third kappa shape index (κ3) is 5.96. The molecule has 1 fully saturated rings. The highest BCUT2D eigenvalue weighted by Crippen LogP contribution is 2.45. The number of non-ortho nitro benzene ring substituents is 1. The van der Waals surface area contributed by atoms with Gasteiger partial charge >= 0.3 is 0 Å². The standard InChI is InChI=1S/C31H35N3O8S/c1-31(2)30(35)33(3)29-24(18-41-28-16-19(34(36)37)10-15-26(28)39-4)22(13-14-25(29)32-31)23-12-11-20(17-27(23)40-5)42-43(38)21-8-6-7-9-21/h10-17,21,32H,6-9,18H2,1-5H3. The van der Waals surface area contributed by atoms with Gasteiger partial charge in [0.15, 0.2) is 11.5 Å². The third-order valence-electron chi connectivity index (χ3n) is 7.85. The van der Waals surface area contributed by atoms with E-state index in [0.717, 1.165) is 31.4 Å². The maximum Gasteiger partial charge on any atom is 0.273 e. The molecule has 0 spiro atoms. The highest BCUT2D eigenvalue weighted by molar-refractivity contribution is 7.81. The number of nitro benzene ring substituents is 1. The first-order valence-corrected chi connectivity index (χ1v) is 15.1. The van der Waals surface area contributed by atoms with Gasteiger partial charge in [-0.15, -0.1) is 0 Å². The molecule has 5 rings (SSSR count). The van der Waals surface area contributed by atoms with Crippen molar-refractivity contribution in [3.8, 4) is 34.1 Å². The molecule has 12 heteroatoms. The van der Waals surface area contributed by atoms with E-state index >= 15 is 0 Å². The number of carbonyl (C=O) groups is 1. The molecule has 1 aliphatic carbocycles. The van der Waals surface area contributed by atoms with Gasteiger partial charge in [0.25, 0.3) is 11.6 Å². The monoisotopic (exact) mass is 609 g/mol. The minimum absolute atomic E-state index is 0.0192. The van der Waals surface area contributed by atoms with Crippen molar-refractivity contribution >= 4 is 34.0 Å². The van der Waals surface area contributed by atoms with Gasteiger partial charge in [-0.2, -0.15) is 0 Å². The van der Waals surface area contributed by atoms with Crippen LogP contribution in [0.3, 0.4) is 0 Å². The van der Waals surface area contributed by atoms with Gasteiger partial charge in [0, 0.05) is 30.3 Å². The second kappa shape index (κ2) is 12.1. The Morgan fingerprint density at radius 1 is 1.00 bits per heavy atom. The van der Waals surface area contributed by atoms with E-state index in [2.05, 4.69) is 5.32 Å². The Morgan fingerprint density at radius 2 is 1.70 bits per heavy atom. The Hall–Kier alpha value is -4.32. The number of amides is 1. The molecule has 1 saturated carbocycles. The normalized spacial score (nSPS) is 16.7. The predicted octanol–water partition coefficient (Wildman–Crippen LogP) is 6.01. The molecule has 2 aliphatic rings.